The zero-order chi connectivity index (χ0) is 34.8. The van der Waals surface area contributed by atoms with E-state index in [0.29, 0.717) is 17.2 Å². The molecule has 49 heavy (non-hydrogen) atoms. The fraction of sp³-hybridized carbons (Fsp3) is 0.214. The lowest BCUT2D eigenvalue weighted by atomic mass is 9.92. The molecule has 0 atom stereocenters. The second-order valence-corrected chi connectivity index (χ2v) is 12.9. The highest BCUT2D eigenvalue weighted by Gasteiger charge is 2.35. The van der Waals surface area contributed by atoms with Crippen molar-refractivity contribution in [2.24, 2.45) is 0 Å². The first-order chi connectivity index (χ1) is 23.5. The Morgan fingerprint density at radius 3 is 0.939 bits per heavy atom. The van der Waals surface area contributed by atoms with Gasteiger partial charge in [-0.2, -0.15) is 0 Å². The zero-order valence-corrected chi connectivity index (χ0v) is 29.8. The Kier molecular flexibility index (Phi) is 9.54. The molecule has 0 unspecified atom stereocenters. The summed E-state index contributed by atoms with van der Waals surface area (Å²) in [6, 6.07) is 18.5. The molecule has 0 radical (unpaired) electrons. The Morgan fingerprint density at radius 1 is 0.408 bits per heavy atom. The summed E-state index contributed by atoms with van der Waals surface area (Å²) in [6.45, 7) is 18.8. The van der Waals surface area contributed by atoms with Crippen molar-refractivity contribution in [2.75, 3.05) is 0 Å². The van der Waals surface area contributed by atoms with E-state index in [1.165, 1.54) is 0 Å². The number of aromatic nitrogens is 3. The van der Waals surface area contributed by atoms with E-state index in [1.807, 2.05) is 36.8 Å². The van der Waals surface area contributed by atoms with E-state index < -0.39 is 7.32 Å². The van der Waals surface area contributed by atoms with Crippen LogP contribution < -0.4 is 14.0 Å². The molecule has 3 aromatic heterocycles. The molecule has 246 valence electrons. The quantitative estimate of drug-likeness (QED) is 0.146. The average Bonchev–Trinajstić information content (AvgIpc) is 3.07. The molecule has 6 aromatic rings. The van der Waals surface area contributed by atoms with Gasteiger partial charge in [0.05, 0.1) is 0 Å². The molecule has 0 aliphatic carbocycles. The van der Waals surface area contributed by atoms with Crippen LogP contribution in [0.25, 0.3) is 33.4 Å². The third-order valence-corrected chi connectivity index (χ3v) is 9.20. The molecule has 6 rings (SSSR count). The van der Waals surface area contributed by atoms with Gasteiger partial charge < -0.3 is 14.0 Å². The van der Waals surface area contributed by atoms with Gasteiger partial charge in [-0.25, -0.2) is 0 Å². The van der Waals surface area contributed by atoms with Crippen molar-refractivity contribution < 1.29 is 14.0 Å². The number of benzene rings is 3. The van der Waals surface area contributed by atoms with Crippen LogP contribution >= 0.6 is 0 Å². The standard InChI is InChI=1S/C42H42BN3O3/c1-25-19-28(4)40(31(7)37(25)34-13-10-16-44-22-34)47-43(48-41-29(5)20-26(2)38(32(41)8)35-14-11-17-45-23-35)49-42-30(6)21-27(3)39(33(42)9)36-15-12-18-46-24-36/h10-24H,1-9H3. The van der Waals surface area contributed by atoms with Crippen molar-refractivity contribution >= 4 is 7.32 Å². The maximum absolute atomic E-state index is 6.88. The average molecular weight is 648 g/mol. The molecule has 0 N–H and O–H groups in total. The lowest BCUT2D eigenvalue weighted by Gasteiger charge is -2.26. The van der Waals surface area contributed by atoms with Gasteiger partial charge in [-0.3, -0.25) is 15.0 Å². The van der Waals surface area contributed by atoms with Gasteiger partial charge in [0.25, 0.3) is 0 Å². The molecule has 0 bridgehead atoms. The van der Waals surface area contributed by atoms with Crippen LogP contribution in [-0.4, -0.2) is 22.3 Å². The van der Waals surface area contributed by atoms with Crippen molar-refractivity contribution in [3.8, 4) is 50.6 Å². The van der Waals surface area contributed by atoms with Crippen LogP contribution in [0.1, 0.15) is 50.1 Å². The van der Waals surface area contributed by atoms with E-state index >= 15 is 0 Å². The fourth-order valence-corrected chi connectivity index (χ4v) is 7.27. The zero-order valence-electron chi connectivity index (χ0n) is 29.8. The molecule has 7 heteroatoms. The van der Waals surface area contributed by atoms with Crippen molar-refractivity contribution in [1.82, 2.24) is 15.0 Å². The summed E-state index contributed by atoms with van der Waals surface area (Å²) < 4.78 is 20.6. The van der Waals surface area contributed by atoms with E-state index in [4.69, 9.17) is 14.0 Å². The van der Waals surface area contributed by atoms with Gasteiger partial charge in [-0.15, -0.1) is 0 Å². The Labute approximate surface area is 290 Å². The van der Waals surface area contributed by atoms with Crippen LogP contribution in [0.15, 0.2) is 91.8 Å². The highest BCUT2D eigenvalue weighted by atomic mass is 16.7. The summed E-state index contributed by atoms with van der Waals surface area (Å²) in [6.07, 6.45) is 11.0. The molecule has 0 saturated heterocycles. The summed E-state index contributed by atoms with van der Waals surface area (Å²) in [5, 5.41) is 0. The molecule has 3 aromatic carbocycles. The first-order valence-corrected chi connectivity index (χ1v) is 16.6. The molecule has 0 aliphatic heterocycles. The Hall–Kier alpha value is -5.43. The van der Waals surface area contributed by atoms with Crippen LogP contribution in [0.5, 0.6) is 17.2 Å². The highest BCUT2D eigenvalue weighted by molar-refractivity contribution is 6.40. The number of hydrogen-bond acceptors (Lipinski definition) is 6. The van der Waals surface area contributed by atoms with Crippen molar-refractivity contribution in [1.29, 1.82) is 0 Å². The fourth-order valence-electron chi connectivity index (χ4n) is 7.27. The van der Waals surface area contributed by atoms with E-state index in [-0.39, 0.29) is 0 Å². The molecule has 0 fully saturated rings. The SMILES string of the molecule is Cc1cc(C)c(-c2cccnc2)c(C)c1OB(Oc1c(C)cc(C)c(-c2cccnc2)c1C)Oc1c(C)cc(C)c(-c2cccnc2)c1C. The largest absolute Gasteiger partial charge is 0.864 e. The number of hydrogen-bond donors (Lipinski definition) is 0. The van der Waals surface area contributed by atoms with E-state index in [9.17, 15) is 0 Å². The minimum atomic E-state index is -1.12. The van der Waals surface area contributed by atoms with Crippen molar-refractivity contribution in [3.63, 3.8) is 0 Å². The van der Waals surface area contributed by atoms with Crippen molar-refractivity contribution in [2.45, 2.75) is 62.3 Å². The molecule has 0 saturated carbocycles. The number of rotatable bonds is 9. The van der Waals surface area contributed by atoms with Crippen LogP contribution in [-0.2, 0) is 0 Å². The number of pyridine rings is 3. The van der Waals surface area contributed by atoms with E-state index in [1.54, 1.807) is 18.6 Å². The predicted octanol–water partition coefficient (Wildman–Crippen LogP) is 10.2. The second kappa shape index (κ2) is 14.0. The number of aryl methyl sites for hydroxylation is 6. The summed E-state index contributed by atoms with van der Waals surface area (Å²) in [7, 11) is -1.12. The minimum absolute atomic E-state index is 0.708. The topological polar surface area (TPSA) is 66.4 Å². The maximum Gasteiger partial charge on any atom is 0.864 e. The minimum Gasteiger partial charge on any atom is -0.489 e. The van der Waals surface area contributed by atoms with Crippen LogP contribution in [0.3, 0.4) is 0 Å². The van der Waals surface area contributed by atoms with Crippen LogP contribution in [0.4, 0.5) is 0 Å². The van der Waals surface area contributed by atoms with E-state index in [0.717, 1.165) is 83.5 Å². The number of nitrogens with zero attached hydrogens (tertiary/aromatic N) is 3. The van der Waals surface area contributed by atoms with Gasteiger partial charge in [-0.05, 0) is 147 Å². The molecule has 6 nitrogen and oxygen atoms in total. The van der Waals surface area contributed by atoms with Gasteiger partial charge >= 0.3 is 7.32 Å². The normalized spacial score (nSPS) is 11.0. The first-order valence-electron chi connectivity index (χ1n) is 16.6. The third-order valence-electron chi connectivity index (χ3n) is 9.20. The maximum atomic E-state index is 6.88. The smallest absolute Gasteiger partial charge is 0.489 e. The predicted molar refractivity (Wildman–Crippen MR) is 199 cm³/mol. The van der Waals surface area contributed by atoms with Crippen molar-refractivity contribution in [3.05, 3.63) is 142 Å². The molecule has 3 heterocycles. The van der Waals surface area contributed by atoms with Crippen LogP contribution in [0.2, 0.25) is 0 Å². The molecule has 0 spiro atoms. The van der Waals surface area contributed by atoms with E-state index in [2.05, 4.69) is 114 Å². The summed E-state index contributed by atoms with van der Waals surface area (Å²) >= 11 is 0. The lowest BCUT2D eigenvalue weighted by molar-refractivity contribution is 0.302. The summed E-state index contributed by atoms with van der Waals surface area (Å²) in [5.41, 5.74) is 15.7. The summed E-state index contributed by atoms with van der Waals surface area (Å²) in [4.78, 5) is 13.2. The first kappa shape index (κ1) is 33.5. The van der Waals surface area contributed by atoms with Gasteiger partial charge in [0, 0.05) is 53.9 Å². The van der Waals surface area contributed by atoms with Gasteiger partial charge in [0.2, 0.25) is 0 Å². The van der Waals surface area contributed by atoms with Gasteiger partial charge in [-0.1, -0.05) is 36.4 Å². The highest BCUT2D eigenvalue weighted by Crippen LogP contribution is 2.40. The summed E-state index contributed by atoms with van der Waals surface area (Å²) in [5.74, 6) is 2.12. The molecular weight excluding hydrogens is 605 g/mol. The third kappa shape index (κ3) is 6.66. The van der Waals surface area contributed by atoms with Gasteiger partial charge in [0.1, 0.15) is 17.2 Å². The van der Waals surface area contributed by atoms with Gasteiger partial charge in [0.15, 0.2) is 0 Å². The monoisotopic (exact) mass is 647 g/mol. The second-order valence-electron chi connectivity index (χ2n) is 12.9. The Morgan fingerprint density at radius 2 is 0.694 bits per heavy atom. The Balaban J connectivity index is 1.50. The molecular formula is C42H42BN3O3. The Bertz CT molecular complexity index is 1890. The lowest BCUT2D eigenvalue weighted by Crippen LogP contribution is -2.38. The van der Waals surface area contributed by atoms with Crippen LogP contribution in [0, 0.1) is 62.3 Å². The molecule has 0 amide bonds. The molecule has 0 aliphatic rings.